The van der Waals surface area contributed by atoms with Crippen LogP contribution in [0.25, 0.3) is 0 Å². The maximum atomic E-state index is 12.7. The zero-order valence-electron chi connectivity index (χ0n) is 12.9. The number of methoxy groups -OCH3 is 1. The zero-order valence-corrected chi connectivity index (χ0v) is 12.9. The number of carbonyl (C=O) groups is 1. The van der Waals surface area contributed by atoms with E-state index in [1.165, 1.54) is 6.42 Å². The first-order valence-electron chi connectivity index (χ1n) is 7.66. The minimum atomic E-state index is -0.0750. The average Bonchev–Trinajstić information content (AvgIpc) is 2.97. The minimum absolute atomic E-state index is 0.0750. The highest BCUT2D eigenvalue weighted by Crippen LogP contribution is 2.28. The third kappa shape index (κ3) is 3.63. The van der Waals surface area contributed by atoms with Crippen molar-refractivity contribution < 1.29 is 14.1 Å². The second kappa shape index (κ2) is 7.56. The molecule has 21 heavy (non-hydrogen) atoms. The van der Waals surface area contributed by atoms with Crippen molar-refractivity contribution in [3.63, 3.8) is 0 Å². The van der Waals surface area contributed by atoms with E-state index in [2.05, 4.69) is 5.16 Å². The molecule has 2 rings (SSSR count). The maximum absolute atomic E-state index is 12.7. The maximum Gasteiger partial charge on any atom is 0.276 e. The number of ether oxygens (including phenoxy) is 1. The van der Waals surface area contributed by atoms with Crippen molar-refractivity contribution >= 4 is 5.91 Å². The molecule has 1 fully saturated rings. The lowest BCUT2D eigenvalue weighted by Gasteiger charge is -2.38. The third-order valence-corrected chi connectivity index (χ3v) is 4.24. The van der Waals surface area contributed by atoms with Crippen LogP contribution in [-0.4, -0.2) is 42.2 Å². The molecule has 1 aromatic rings. The van der Waals surface area contributed by atoms with Gasteiger partial charge in [-0.3, -0.25) is 4.79 Å². The normalized spacial score (nSPS) is 22.2. The van der Waals surface area contributed by atoms with E-state index >= 15 is 0 Å². The van der Waals surface area contributed by atoms with Gasteiger partial charge in [0, 0.05) is 25.8 Å². The summed E-state index contributed by atoms with van der Waals surface area (Å²) in [7, 11) is 1.58. The highest BCUT2D eigenvalue weighted by atomic mass is 16.5. The van der Waals surface area contributed by atoms with Crippen LogP contribution in [0.3, 0.4) is 0 Å². The van der Waals surface area contributed by atoms with Gasteiger partial charge in [0.25, 0.3) is 5.91 Å². The number of hydrogen-bond donors (Lipinski definition) is 1. The fraction of sp³-hybridized carbons (Fsp3) is 0.733. The Labute approximate surface area is 125 Å². The van der Waals surface area contributed by atoms with Crippen LogP contribution in [0.4, 0.5) is 0 Å². The van der Waals surface area contributed by atoms with E-state index in [9.17, 15) is 4.79 Å². The average molecular weight is 295 g/mol. The van der Waals surface area contributed by atoms with Gasteiger partial charge in [-0.25, -0.2) is 0 Å². The lowest BCUT2D eigenvalue weighted by molar-refractivity contribution is 0.0549. The Hall–Kier alpha value is -1.40. The van der Waals surface area contributed by atoms with Crippen molar-refractivity contribution in [2.75, 3.05) is 20.2 Å². The monoisotopic (exact) mass is 295 g/mol. The van der Waals surface area contributed by atoms with E-state index in [0.29, 0.717) is 37.1 Å². The van der Waals surface area contributed by atoms with Crippen molar-refractivity contribution in [2.45, 2.75) is 45.3 Å². The number of nitrogens with two attached hydrogens (primary N) is 1. The molecule has 0 aromatic carbocycles. The van der Waals surface area contributed by atoms with Gasteiger partial charge >= 0.3 is 0 Å². The van der Waals surface area contributed by atoms with Crippen LogP contribution in [0.15, 0.2) is 10.6 Å². The molecule has 2 N–H and O–H groups in total. The van der Waals surface area contributed by atoms with E-state index in [4.69, 9.17) is 15.0 Å². The van der Waals surface area contributed by atoms with Crippen molar-refractivity contribution in [3.8, 4) is 0 Å². The van der Waals surface area contributed by atoms with E-state index < -0.39 is 0 Å². The van der Waals surface area contributed by atoms with Gasteiger partial charge in [-0.1, -0.05) is 18.0 Å². The molecule has 0 saturated heterocycles. The Morgan fingerprint density at radius 3 is 2.95 bits per heavy atom. The van der Waals surface area contributed by atoms with E-state index in [1.54, 1.807) is 13.2 Å². The summed E-state index contributed by atoms with van der Waals surface area (Å²) >= 11 is 0. The molecule has 1 aliphatic carbocycles. The summed E-state index contributed by atoms with van der Waals surface area (Å²) in [4.78, 5) is 14.6. The zero-order chi connectivity index (χ0) is 15.2. The first-order valence-corrected chi connectivity index (χ1v) is 7.66. The number of nitrogens with zero attached hydrogens (tertiary/aromatic N) is 2. The molecular weight excluding hydrogens is 270 g/mol. The van der Waals surface area contributed by atoms with Gasteiger partial charge in [-0.15, -0.1) is 0 Å². The Morgan fingerprint density at radius 2 is 2.29 bits per heavy atom. The molecule has 6 heteroatoms. The standard InChI is InChI=1S/C15H25N3O3/c1-3-18(14-7-5-4-6-11(14)9-16)15(19)13-8-12(10-20-2)21-17-13/h8,11,14H,3-7,9-10,16H2,1-2H3. The van der Waals surface area contributed by atoms with Crippen LogP contribution in [0, 0.1) is 5.92 Å². The van der Waals surface area contributed by atoms with Crippen molar-refractivity contribution in [1.82, 2.24) is 10.1 Å². The van der Waals surface area contributed by atoms with Crippen molar-refractivity contribution in [3.05, 3.63) is 17.5 Å². The molecule has 1 amide bonds. The number of hydrogen-bond acceptors (Lipinski definition) is 5. The Bertz CT molecular complexity index is 461. The fourth-order valence-corrected chi connectivity index (χ4v) is 3.17. The van der Waals surface area contributed by atoms with Gasteiger partial charge in [-0.05, 0) is 32.2 Å². The molecule has 0 spiro atoms. The largest absolute Gasteiger partial charge is 0.377 e. The molecule has 6 nitrogen and oxygen atoms in total. The predicted molar refractivity (Wildman–Crippen MR) is 78.7 cm³/mol. The van der Waals surface area contributed by atoms with Crippen LogP contribution in [0.5, 0.6) is 0 Å². The van der Waals surface area contributed by atoms with E-state index in [-0.39, 0.29) is 11.9 Å². The lowest BCUT2D eigenvalue weighted by Crippen LogP contribution is -2.48. The highest BCUT2D eigenvalue weighted by molar-refractivity contribution is 5.92. The Morgan fingerprint density at radius 1 is 1.52 bits per heavy atom. The molecule has 0 radical (unpaired) electrons. The molecule has 0 bridgehead atoms. The van der Waals surface area contributed by atoms with Gasteiger partial charge in [-0.2, -0.15) is 0 Å². The quantitative estimate of drug-likeness (QED) is 0.865. The summed E-state index contributed by atoms with van der Waals surface area (Å²) in [5, 5.41) is 3.87. The van der Waals surface area contributed by atoms with E-state index in [1.807, 2.05) is 11.8 Å². The Kier molecular flexibility index (Phi) is 5.76. The fourth-order valence-electron chi connectivity index (χ4n) is 3.17. The molecule has 2 unspecified atom stereocenters. The summed E-state index contributed by atoms with van der Waals surface area (Å²) in [6.07, 6.45) is 4.47. The molecule has 1 aliphatic rings. The van der Waals surface area contributed by atoms with Gasteiger partial charge in [0.1, 0.15) is 6.61 Å². The molecule has 118 valence electrons. The molecular formula is C15H25N3O3. The molecule has 2 atom stereocenters. The first-order chi connectivity index (χ1) is 10.2. The van der Waals surface area contributed by atoms with Gasteiger partial charge in [0.15, 0.2) is 11.5 Å². The molecule has 1 saturated carbocycles. The van der Waals surface area contributed by atoms with Crippen molar-refractivity contribution in [2.24, 2.45) is 11.7 Å². The molecule has 0 aliphatic heterocycles. The number of amides is 1. The number of rotatable bonds is 6. The van der Waals surface area contributed by atoms with Gasteiger partial charge in [0.05, 0.1) is 0 Å². The van der Waals surface area contributed by atoms with Gasteiger partial charge in [0.2, 0.25) is 0 Å². The molecule has 1 aromatic heterocycles. The summed E-state index contributed by atoms with van der Waals surface area (Å²) in [6.45, 7) is 3.60. The highest BCUT2D eigenvalue weighted by Gasteiger charge is 2.32. The molecule has 1 heterocycles. The van der Waals surface area contributed by atoms with Crippen LogP contribution >= 0.6 is 0 Å². The summed E-state index contributed by atoms with van der Waals surface area (Å²) in [6, 6.07) is 1.87. The van der Waals surface area contributed by atoms with E-state index in [0.717, 1.165) is 19.3 Å². The summed E-state index contributed by atoms with van der Waals surface area (Å²) in [5.41, 5.74) is 6.23. The van der Waals surface area contributed by atoms with Crippen LogP contribution in [-0.2, 0) is 11.3 Å². The summed E-state index contributed by atoms with van der Waals surface area (Å²) in [5.74, 6) is 0.873. The first kappa shape index (κ1) is 16.0. The topological polar surface area (TPSA) is 81.6 Å². The SMILES string of the molecule is CCN(C(=O)c1cc(COC)on1)C1CCCCC1CN. The van der Waals surface area contributed by atoms with Crippen LogP contribution < -0.4 is 5.73 Å². The Balaban J connectivity index is 2.12. The second-order valence-electron chi connectivity index (χ2n) is 5.55. The predicted octanol–water partition coefficient (Wildman–Crippen LogP) is 1.80. The van der Waals surface area contributed by atoms with Crippen LogP contribution in [0.2, 0.25) is 0 Å². The number of aromatic nitrogens is 1. The van der Waals surface area contributed by atoms with Crippen molar-refractivity contribution in [1.29, 1.82) is 0 Å². The second-order valence-corrected chi connectivity index (χ2v) is 5.55. The third-order valence-electron chi connectivity index (χ3n) is 4.24. The summed E-state index contributed by atoms with van der Waals surface area (Å²) < 4.78 is 10.1. The minimum Gasteiger partial charge on any atom is -0.377 e. The number of carbonyl (C=O) groups excluding carboxylic acids is 1. The van der Waals surface area contributed by atoms with Gasteiger partial charge < -0.3 is 19.9 Å². The smallest absolute Gasteiger partial charge is 0.276 e. The van der Waals surface area contributed by atoms with Crippen LogP contribution in [0.1, 0.15) is 48.9 Å². The lowest BCUT2D eigenvalue weighted by atomic mass is 9.83.